The van der Waals surface area contributed by atoms with E-state index in [9.17, 15) is 14.3 Å². The summed E-state index contributed by atoms with van der Waals surface area (Å²) in [4.78, 5) is 20.1. The Balaban J connectivity index is 1.46. The van der Waals surface area contributed by atoms with Crippen molar-refractivity contribution in [3.8, 4) is 16.9 Å². The molecule has 0 aliphatic heterocycles. The maximum absolute atomic E-state index is 15.5. The topological polar surface area (TPSA) is 86.5 Å². The van der Waals surface area contributed by atoms with E-state index in [0.29, 0.717) is 40.3 Å². The number of aromatic nitrogens is 3. The van der Waals surface area contributed by atoms with Gasteiger partial charge in [0.15, 0.2) is 0 Å². The van der Waals surface area contributed by atoms with Gasteiger partial charge in [-0.1, -0.05) is 12.1 Å². The number of rotatable bonds is 10. The maximum atomic E-state index is 15.5. The first-order valence-electron chi connectivity index (χ1n) is 12.8. The number of carboxylic acid groups (broad SMARTS) is 1. The Labute approximate surface area is 233 Å². The number of imidazole rings is 1. The molecule has 7 nitrogen and oxygen atoms in total. The van der Waals surface area contributed by atoms with E-state index < -0.39 is 23.4 Å². The van der Waals surface area contributed by atoms with Crippen molar-refractivity contribution in [2.75, 3.05) is 13.7 Å². The molecule has 41 heavy (non-hydrogen) atoms. The molecule has 0 unspecified atom stereocenters. The highest BCUT2D eigenvalue weighted by molar-refractivity contribution is 5.92. The van der Waals surface area contributed by atoms with Crippen LogP contribution >= 0.6 is 0 Å². The molecule has 0 spiro atoms. The van der Waals surface area contributed by atoms with Crippen LogP contribution in [0.25, 0.3) is 22.2 Å². The summed E-state index contributed by atoms with van der Waals surface area (Å²) in [5, 5.41) is 9.40. The van der Waals surface area contributed by atoms with Crippen LogP contribution in [0.3, 0.4) is 0 Å². The van der Waals surface area contributed by atoms with Gasteiger partial charge in [0.25, 0.3) is 0 Å². The van der Waals surface area contributed by atoms with Crippen LogP contribution in [0.2, 0.25) is 0 Å². The number of halogens is 3. The number of methoxy groups -OCH3 is 1. The van der Waals surface area contributed by atoms with E-state index >= 15 is 8.78 Å². The van der Waals surface area contributed by atoms with E-state index in [1.54, 1.807) is 35.8 Å². The third kappa shape index (κ3) is 5.92. The van der Waals surface area contributed by atoms with Crippen LogP contribution in [0.4, 0.5) is 13.2 Å². The van der Waals surface area contributed by atoms with Crippen molar-refractivity contribution in [3.05, 3.63) is 113 Å². The number of carboxylic acids is 1. The van der Waals surface area contributed by atoms with Crippen molar-refractivity contribution in [1.82, 2.24) is 14.5 Å². The van der Waals surface area contributed by atoms with Crippen molar-refractivity contribution in [2.24, 2.45) is 0 Å². The highest BCUT2D eigenvalue weighted by Crippen LogP contribution is 2.33. The standard InChI is InChI=1S/C31H26F3N3O4/c1-18-3-4-20(24(32)11-18)17-41-29-7-8-35-16-23(29)21-12-25(33)22(26(34)13-21)15-30-36-27-6-5-19(31(38)39)14-28(27)37(30)9-10-40-2/h3-8,11-14,16H,9-10,15,17H2,1-2H3,(H,38,39). The fraction of sp³-hybridized carbons (Fsp3) is 0.194. The summed E-state index contributed by atoms with van der Waals surface area (Å²) in [5.41, 5.74) is 2.57. The SMILES string of the molecule is COCCn1c(Cc2c(F)cc(-c3cnccc3OCc3ccc(C)cc3F)cc2F)nc2ccc(C(=O)O)cc21. The fourth-order valence-corrected chi connectivity index (χ4v) is 4.61. The van der Waals surface area contributed by atoms with Gasteiger partial charge in [0.2, 0.25) is 0 Å². The van der Waals surface area contributed by atoms with Crippen molar-refractivity contribution >= 4 is 17.0 Å². The van der Waals surface area contributed by atoms with Gasteiger partial charge >= 0.3 is 5.97 Å². The number of aromatic carboxylic acids is 1. The van der Waals surface area contributed by atoms with Crippen LogP contribution in [-0.4, -0.2) is 39.3 Å². The van der Waals surface area contributed by atoms with Crippen molar-refractivity contribution < 1.29 is 32.5 Å². The molecule has 0 amide bonds. The number of ether oxygens (including phenoxy) is 2. The smallest absolute Gasteiger partial charge is 0.335 e. The first-order valence-corrected chi connectivity index (χ1v) is 12.8. The Hall–Kier alpha value is -4.70. The Morgan fingerprint density at radius 2 is 1.78 bits per heavy atom. The predicted molar refractivity (Wildman–Crippen MR) is 146 cm³/mol. The van der Waals surface area contributed by atoms with E-state index in [0.717, 1.165) is 5.56 Å². The normalized spacial score (nSPS) is 11.2. The molecule has 0 aliphatic rings. The zero-order valence-corrected chi connectivity index (χ0v) is 22.3. The highest BCUT2D eigenvalue weighted by atomic mass is 19.1. The van der Waals surface area contributed by atoms with Crippen molar-refractivity contribution in [1.29, 1.82) is 0 Å². The molecule has 5 rings (SSSR count). The summed E-state index contributed by atoms with van der Waals surface area (Å²) in [6.45, 7) is 2.31. The number of pyridine rings is 1. The molecule has 0 atom stereocenters. The molecule has 1 N–H and O–H groups in total. The van der Waals surface area contributed by atoms with Gasteiger partial charge in [-0.15, -0.1) is 0 Å². The second-order valence-corrected chi connectivity index (χ2v) is 9.53. The van der Waals surface area contributed by atoms with Crippen LogP contribution in [-0.2, 0) is 24.3 Å². The van der Waals surface area contributed by atoms with Crippen molar-refractivity contribution in [3.63, 3.8) is 0 Å². The van der Waals surface area contributed by atoms with E-state index in [4.69, 9.17) is 9.47 Å². The highest BCUT2D eigenvalue weighted by Gasteiger charge is 2.20. The van der Waals surface area contributed by atoms with Crippen LogP contribution in [0.15, 0.2) is 67.0 Å². The molecule has 2 heterocycles. The quantitative estimate of drug-likeness (QED) is 0.214. The summed E-state index contributed by atoms with van der Waals surface area (Å²) in [7, 11) is 1.52. The molecule has 5 aromatic rings. The Morgan fingerprint density at radius 3 is 2.49 bits per heavy atom. The molecule has 210 valence electrons. The number of benzene rings is 3. The predicted octanol–water partition coefficient (Wildman–Crippen LogP) is 6.34. The Kier molecular flexibility index (Phi) is 8.02. The fourth-order valence-electron chi connectivity index (χ4n) is 4.61. The first kappa shape index (κ1) is 27.9. The molecule has 0 aliphatic carbocycles. The van der Waals surface area contributed by atoms with Crippen molar-refractivity contribution in [2.45, 2.75) is 26.5 Å². The van der Waals surface area contributed by atoms with Gasteiger partial charge in [-0.05, 0) is 60.5 Å². The zero-order chi connectivity index (χ0) is 29.1. The molecule has 2 aromatic heterocycles. The Bertz CT molecular complexity index is 1730. The van der Waals surface area contributed by atoms with Crippen LogP contribution < -0.4 is 4.74 Å². The summed E-state index contributed by atoms with van der Waals surface area (Å²) < 4.78 is 58.0. The minimum atomic E-state index is -1.09. The number of fused-ring (bicyclic) bond motifs is 1. The minimum Gasteiger partial charge on any atom is -0.488 e. The Morgan fingerprint density at radius 1 is 1.00 bits per heavy atom. The summed E-state index contributed by atoms with van der Waals surface area (Å²) in [6.07, 6.45) is 2.73. The first-order chi connectivity index (χ1) is 19.7. The second kappa shape index (κ2) is 11.8. The van der Waals surface area contributed by atoms with E-state index in [1.807, 2.05) is 0 Å². The van der Waals surface area contributed by atoms with Gasteiger partial charge in [-0.25, -0.2) is 22.9 Å². The number of nitrogens with zero attached hydrogens (tertiary/aromatic N) is 3. The molecule has 0 bridgehead atoms. The molecule has 0 radical (unpaired) electrons. The van der Waals surface area contributed by atoms with Gasteiger partial charge in [-0.3, -0.25) is 4.98 Å². The van der Waals surface area contributed by atoms with Gasteiger partial charge < -0.3 is 19.1 Å². The van der Waals surface area contributed by atoms with Gasteiger partial charge in [0.05, 0.1) is 23.2 Å². The van der Waals surface area contributed by atoms with Crippen LogP contribution in [0.5, 0.6) is 5.75 Å². The van der Waals surface area contributed by atoms with Crippen LogP contribution in [0.1, 0.15) is 32.9 Å². The zero-order valence-electron chi connectivity index (χ0n) is 22.3. The van der Waals surface area contributed by atoms with E-state index in [1.165, 1.54) is 49.8 Å². The van der Waals surface area contributed by atoms with E-state index in [-0.39, 0.29) is 36.3 Å². The van der Waals surface area contributed by atoms with Gasteiger partial charge in [0.1, 0.15) is 35.6 Å². The lowest BCUT2D eigenvalue weighted by Gasteiger charge is -2.14. The average molecular weight is 562 g/mol. The number of carbonyl (C=O) groups is 1. The molecule has 0 fully saturated rings. The monoisotopic (exact) mass is 561 g/mol. The molecular weight excluding hydrogens is 535 g/mol. The number of aryl methyl sites for hydroxylation is 1. The molecule has 0 saturated heterocycles. The largest absolute Gasteiger partial charge is 0.488 e. The minimum absolute atomic E-state index is 0.0731. The van der Waals surface area contributed by atoms with Crippen LogP contribution in [0, 0.1) is 24.4 Å². The summed E-state index contributed by atoms with van der Waals surface area (Å²) in [6, 6.07) is 13.2. The van der Waals surface area contributed by atoms with Gasteiger partial charge in [-0.2, -0.15) is 0 Å². The summed E-state index contributed by atoms with van der Waals surface area (Å²) >= 11 is 0. The maximum Gasteiger partial charge on any atom is 0.335 e. The molecule has 10 heteroatoms. The third-order valence-electron chi connectivity index (χ3n) is 6.75. The second-order valence-electron chi connectivity index (χ2n) is 9.53. The lowest BCUT2D eigenvalue weighted by atomic mass is 10.0. The average Bonchev–Trinajstić information content (AvgIpc) is 3.29. The van der Waals surface area contributed by atoms with E-state index in [2.05, 4.69) is 9.97 Å². The van der Waals surface area contributed by atoms with Gasteiger partial charge in [0, 0.05) is 49.2 Å². The lowest BCUT2D eigenvalue weighted by molar-refractivity contribution is 0.0697. The number of hydrogen-bond donors (Lipinski definition) is 1. The molecular formula is C31H26F3N3O4. The number of hydrogen-bond acceptors (Lipinski definition) is 5. The third-order valence-corrected chi connectivity index (χ3v) is 6.75. The molecule has 3 aromatic carbocycles. The molecule has 0 saturated carbocycles. The summed E-state index contributed by atoms with van der Waals surface area (Å²) in [5.74, 6) is -2.44. The lowest BCUT2D eigenvalue weighted by Crippen LogP contribution is -2.11.